The summed E-state index contributed by atoms with van der Waals surface area (Å²) in [6.45, 7) is 1.53. The SMILES string of the molecule is NN=Cc1ccccc1COCC1CC1. The van der Waals surface area contributed by atoms with Gasteiger partial charge in [-0.15, -0.1) is 0 Å². The Bertz CT molecular complexity index is 345. The molecule has 3 heteroatoms. The summed E-state index contributed by atoms with van der Waals surface area (Å²) in [5.74, 6) is 5.95. The lowest BCUT2D eigenvalue weighted by atomic mass is 10.1. The first-order valence-electron chi connectivity index (χ1n) is 5.29. The van der Waals surface area contributed by atoms with E-state index in [2.05, 4.69) is 5.10 Å². The van der Waals surface area contributed by atoms with Gasteiger partial charge in [-0.25, -0.2) is 0 Å². The fourth-order valence-corrected chi connectivity index (χ4v) is 1.49. The van der Waals surface area contributed by atoms with Crippen molar-refractivity contribution in [2.24, 2.45) is 16.9 Å². The summed E-state index contributed by atoms with van der Waals surface area (Å²) in [4.78, 5) is 0. The molecule has 0 aliphatic heterocycles. The summed E-state index contributed by atoms with van der Waals surface area (Å²) >= 11 is 0. The van der Waals surface area contributed by atoms with Gasteiger partial charge in [0, 0.05) is 6.61 Å². The van der Waals surface area contributed by atoms with Crippen molar-refractivity contribution in [3.8, 4) is 0 Å². The lowest BCUT2D eigenvalue weighted by Gasteiger charge is -2.06. The predicted octanol–water partition coefficient (Wildman–Crippen LogP) is 1.91. The molecule has 0 saturated heterocycles. The van der Waals surface area contributed by atoms with Gasteiger partial charge in [-0.1, -0.05) is 24.3 Å². The number of hydrogen-bond acceptors (Lipinski definition) is 3. The quantitative estimate of drug-likeness (QED) is 0.452. The topological polar surface area (TPSA) is 47.6 Å². The summed E-state index contributed by atoms with van der Waals surface area (Å²) in [5, 5.41) is 3.54. The van der Waals surface area contributed by atoms with Gasteiger partial charge in [0.2, 0.25) is 0 Å². The Labute approximate surface area is 89.9 Å². The van der Waals surface area contributed by atoms with Crippen LogP contribution in [-0.4, -0.2) is 12.8 Å². The summed E-state index contributed by atoms with van der Waals surface area (Å²) in [7, 11) is 0. The van der Waals surface area contributed by atoms with Crippen LogP contribution in [0.4, 0.5) is 0 Å². The van der Waals surface area contributed by atoms with Crippen molar-refractivity contribution in [1.82, 2.24) is 0 Å². The van der Waals surface area contributed by atoms with E-state index < -0.39 is 0 Å². The molecule has 0 spiro atoms. The molecule has 2 N–H and O–H groups in total. The van der Waals surface area contributed by atoms with E-state index in [1.54, 1.807) is 6.21 Å². The van der Waals surface area contributed by atoms with Crippen molar-refractivity contribution in [2.45, 2.75) is 19.4 Å². The van der Waals surface area contributed by atoms with E-state index in [-0.39, 0.29) is 0 Å². The Kier molecular flexibility index (Phi) is 3.35. The summed E-state index contributed by atoms with van der Waals surface area (Å²) in [6.07, 6.45) is 4.31. The molecule has 80 valence electrons. The number of nitrogens with zero attached hydrogens (tertiary/aromatic N) is 1. The van der Waals surface area contributed by atoms with Crippen molar-refractivity contribution < 1.29 is 4.74 Å². The second-order valence-electron chi connectivity index (χ2n) is 3.94. The second-order valence-corrected chi connectivity index (χ2v) is 3.94. The van der Waals surface area contributed by atoms with Crippen LogP contribution in [0.15, 0.2) is 29.4 Å². The second kappa shape index (κ2) is 4.94. The van der Waals surface area contributed by atoms with Crippen LogP contribution in [0.2, 0.25) is 0 Å². The lowest BCUT2D eigenvalue weighted by molar-refractivity contribution is 0.111. The monoisotopic (exact) mass is 204 g/mol. The highest BCUT2D eigenvalue weighted by Gasteiger charge is 2.21. The maximum atomic E-state index is 5.63. The molecule has 1 aromatic carbocycles. The number of ether oxygens (including phenoxy) is 1. The van der Waals surface area contributed by atoms with Crippen LogP contribution in [0.3, 0.4) is 0 Å². The molecule has 1 fully saturated rings. The van der Waals surface area contributed by atoms with Crippen LogP contribution in [0, 0.1) is 5.92 Å². The lowest BCUT2D eigenvalue weighted by Crippen LogP contribution is -2.00. The van der Waals surface area contributed by atoms with Crippen LogP contribution in [0.25, 0.3) is 0 Å². The number of nitrogens with two attached hydrogens (primary N) is 1. The zero-order chi connectivity index (χ0) is 10.5. The van der Waals surface area contributed by atoms with Gasteiger partial charge in [-0.2, -0.15) is 5.10 Å². The minimum atomic E-state index is 0.651. The highest BCUT2D eigenvalue weighted by molar-refractivity contribution is 5.81. The fourth-order valence-electron chi connectivity index (χ4n) is 1.49. The van der Waals surface area contributed by atoms with E-state index in [1.165, 1.54) is 12.8 Å². The maximum absolute atomic E-state index is 5.63. The van der Waals surface area contributed by atoms with Gasteiger partial charge in [0.05, 0.1) is 12.8 Å². The molecule has 1 saturated carbocycles. The minimum Gasteiger partial charge on any atom is -0.376 e. The first-order valence-corrected chi connectivity index (χ1v) is 5.29. The molecular formula is C12H16N2O. The van der Waals surface area contributed by atoms with Crippen molar-refractivity contribution in [1.29, 1.82) is 0 Å². The van der Waals surface area contributed by atoms with Crippen LogP contribution < -0.4 is 5.84 Å². The zero-order valence-electron chi connectivity index (χ0n) is 8.73. The molecule has 2 rings (SSSR count). The van der Waals surface area contributed by atoms with Crippen molar-refractivity contribution in [3.63, 3.8) is 0 Å². The standard InChI is InChI=1S/C12H16N2O/c13-14-7-11-3-1-2-4-12(11)9-15-8-10-5-6-10/h1-4,7,10H,5-6,8-9,13H2. The largest absolute Gasteiger partial charge is 0.376 e. The van der Waals surface area contributed by atoms with Gasteiger partial charge in [0.1, 0.15) is 0 Å². The molecule has 1 aliphatic carbocycles. The zero-order valence-corrected chi connectivity index (χ0v) is 8.73. The van der Waals surface area contributed by atoms with Gasteiger partial charge in [-0.05, 0) is 29.9 Å². The predicted molar refractivity (Wildman–Crippen MR) is 60.6 cm³/mol. The average molecular weight is 204 g/mol. The van der Waals surface area contributed by atoms with E-state index >= 15 is 0 Å². The number of rotatable bonds is 5. The van der Waals surface area contributed by atoms with Crippen LogP contribution >= 0.6 is 0 Å². The van der Waals surface area contributed by atoms with E-state index in [4.69, 9.17) is 10.6 Å². The Hall–Kier alpha value is -1.35. The van der Waals surface area contributed by atoms with Crippen LogP contribution in [-0.2, 0) is 11.3 Å². The maximum Gasteiger partial charge on any atom is 0.0723 e. The normalized spacial score (nSPS) is 16.0. The Balaban J connectivity index is 1.92. The van der Waals surface area contributed by atoms with E-state index in [0.29, 0.717) is 6.61 Å². The molecule has 1 aromatic rings. The molecule has 15 heavy (non-hydrogen) atoms. The van der Waals surface area contributed by atoms with Gasteiger partial charge >= 0.3 is 0 Å². The Morgan fingerprint density at radius 2 is 2.20 bits per heavy atom. The minimum absolute atomic E-state index is 0.651. The van der Waals surface area contributed by atoms with Gasteiger partial charge in [0.25, 0.3) is 0 Å². The van der Waals surface area contributed by atoms with Gasteiger partial charge in [0.15, 0.2) is 0 Å². The molecule has 0 heterocycles. The average Bonchev–Trinajstić information content (AvgIpc) is 3.05. The summed E-state index contributed by atoms with van der Waals surface area (Å²) < 4.78 is 5.63. The fraction of sp³-hybridized carbons (Fsp3) is 0.417. The molecule has 0 unspecified atom stereocenters. The van der Waals surface area contributed by atoms with E-state index in [1.807, 2.05) is 24.3 Å². The molecule has 0 radical (unpaired) electrons. The molecule has 0 amide bonds. The molecule has 0 atom stereocenters. The number of hydrogen-bond donors (Lipinski definition) is 1. The third-order valence-electron chi connectivity index (χ3n) is 2.58. The van der Waals surface area contributed by atoms with Crippen molar-refractivity contribution in [3.05, 3.63) is 35.4 Å². The van der Waals surface area contributed by atoms with Crippen molar-refractivity contribution >= 4 is 6.21 Å². The molecule has 0 aromatic heterocycles. The molecular weight excluding hydrogens is 188 g/mol. The van der Waals surface area contributed by atoms with E-state index in [9.17, 15) is 0 Å². The smallest absolute Gasteiger partial charge is 0.0723 e. The van der Waals surface area contributed by atoms with E-state index in [0.717, 1.165) is 23.7 Å². The van der Waals surface area contributed by atoms with Crippen molar-refractivity contribution in [2.75, 3.05) is 6.61 Å². The Morgan fingerprint density at radius 1 is 1.40 bits per heavy atom. The molecule has 1 aliphatic rings. The first-order chi connectivity index (χ1) is 7.40. The van der Waals surface area contributed by atoms with Gasteiger partial charge in [-0.3, -0.25) is 0 Å². The van der Waals surface area contributed by atoms with Crippen LogP contribution in [0.1, 0.15) is 24.0 Å². The third-order valence-corrected chi connectivity index (χ3v) is 2.58. The molecule has 3 nitrogen and oxygen atoms in total. The summed E-state index contributed by atoms with van der Waals surface area (Å²) in [6, 6.07) is 8.02. The van der Waals surface area contributed by atoms with Gasteiger partial charge < -0.3 is 10.6 Å². The number of benzene rings is 1. The first kappa shape index (κ1) is 10.2. The number of hydrazone groups is 1. The molecule has 0 bridgehead atoms. The third kappa shape index (κ3) is 3.06. The summed E-state index contributed by atoms with van der Waals surface area (Å²) in [5.41, 5.74) is 2.18. The highest BCUT2D eigenvalue weighted by atomic mass is 16.5. The Morgan fingerprint density at radius 3 is 2.93 bits per heavy atom. The highest BCUT2D eigenvalue weighted by Crippen LogP contribution is 2.29. The van der Waals surface area contributed by atoms with Crippen LogP contribution in [0.5, 0.6) is 0 Å².